The highest BCUT2D eigenvalue weighted by molar-refractivity contribution is 5.79. The van der Waals surface area contributed by atoms with Gasteiger partial charge in [-0.3, -0.25) is 0 Å². The van der Waals surface area contributed by atoms with Crippen molar-refractivity contribution in [2.45, 2.75) is 40.5 Å². The van der Waals surface area contributed by atoms with Crippen molar-refractivity contribution in [3.05, 3.63) is 76.4 Å². The molecule has 0 saturated carbocycles. The lowest BCUT2D eigenvalue weighted by molar-refractivity contribution is 1.03. The molecule has 0 N–H and O–H groups in total. The van der Waals surface area contributed by atoms with E-state index in [2.05, 4.69) is 76.2 Å². The van der Waals surface area contributed by atoms with Crippen molar-refractivity contribution in [2.75, 3.05) is 0 Å². The zero-order chi connectivity index (χ0) is 15.7. The number of hydrogen-bond acceptors (Lipinski definition) is 0. The number of allylic oxidation sites excluding steroid dienone is 4. The standard InChI is InChI=1S/C22H24/c1-15-9-5-7-11-19(15)21-13-14-22(18(4)17(21)3)20-12-8-6-10-16(20)2/h5-7,9-11,13-14H,8,12H2,1-4H3. The second-order valence-corrected chi connectivity index (χ2v) is 6.33. The van der Waals surface area contributed by atoms with E-state index in [1.54, 1.807) is 0 Å². The van der Waals surface area contributed by atoms with Gasteiger partial charge in [-0.15, -0.1) is 0 Å². The minimum Gasteiger partial charge on any atom is -0.0839 e. The summed E-state index contributed by atoms with van der Waals surface area (Å²) in [6, 6.07) is 13.3. The lowest BCUT2D eigenvalue weighted by Crippen LogP contribution is -1.99. The maximum atomic E-state index is 2.32. The first-order valence-corrected chi connectivity index (χ1v) is 8.12. The highest BCUT2D eigenvalue weighted by Gasteiger charge is 2.14. The monoisotopic (exact) mass is 288 g/mol. The van der Waals surface area contributed by atoms with E-state index in [9.17, 15) is 0 Å². The summed E-state index contributed by atoms with van der Waals surface area (Å²) in [5.41, 5.74) is 11.2. The third kappa shape index (κ3) is 2.54. The van der Waals surface area contributed by atoms with Gasteiger partial charge >= 0.3 is 0 Å². The zero-order valence-electron chi connectivity index (χ0n) is 14.0. The molecule has 0 aromatic heterocycles. The van der Waals surface area contributed by atoms with E-state index in [0.717, 1.165) is 12.8 Å². The molecule has 2 aromatic rings. The normalized spacial score (nSPS) is 14.5. The summed E-state index contributed by atoms with van der Waals surface area (Å²) < 4.78 is 0. The van der Waals surface area contributed by atoms with Gasteiger partial charge in [0.05, 0.1) is 0 Å². The molecule has 0 spiro atoms. The Labute approximate surface area is 134 Å². The number of rotatable bonds is 2. The maximum absolute atomic E-state index is 2.32. The van der Waals surface area contributed by atoms with Gasteiger partial charge in [0.15, 0.2) is 0 Å². The van der Waals surface area contributed by atoms with E-state index >= 15 is 0 Å². The molecule has 0 fully saturated rings. The van der Waals surface area contributed by atoms with Crippen molar-refractivity contribution in [1.29, 1.82) is 0 Å². The van der Waals surface area contributed by atoms with Gasteiger partial charge in [-0.1, -0.05) is 48.6 Å². The molecule has 3 rings (SSSR count). The number of aryl methyl sites for hydroxylation is 1. The molecule has 0 radical (unpaired) electrons. The van der Waals surface area contributed by atoms with Crippen LogP contribution in [0.5, 0.6) is 0 Å². The molecule has 0 amide bonds. The van der Waals surface area contributed by atoms with Crippen molar-refractivity contribution in [1.82, 2.24) is 0 Å². The quantitative estimate of drug-likeness (QED) is 0.599. The number of benzene rings is 2. The summed E-state index contributed by atoms with van der Waals surface area (Å²) in [5.74, 6) is 0. The molecule has 2 aromatic carbocycles. The van der Waals surface area contributed by atoms with Crippen LogP contribution in [0, 0.1) is 20.8 Å². The highest BCUT2D eigenvalue weighted by atomic mass is 14.2. The summed E-state index contributed by atoms with van der Waals surface area (Å²) in [4.78, 5) is 0. The third-order valence-corrected chi connectivity index (χ3v) is 4.95. The molecule has 112 valence electrons. The van der Waals surface area contributed by atoms with Crippen molar-refractivity contribution in [2.24, 2.45) is 0 Å². The molecule has 1 aliphatic carbocycles. The number of hydrogen-bond donors (Lipinski definition) is 0. The first-order chi connectivity index (χ1) is 10.6. The molecular weight excluding hydrogens is 264 g/mol. The summed E-state index contributed by atoms with van der Waals surface area (Å²) in [6.45, 7) is 8.95. The molecule has 0 heterocycles. The van der Waals surface area contributed by atoms with E-state index in [-0.39, 0.29) is 0 Å². The fourth-order valence-electron chi connectivity index (χ4n) is 3.45. The van der Waals surface area contributed by atoms with Crippen molar-refractivity contribution >= 4 is 5.57 Å². The molecule has 0 saturated heterocycles. The fraction of sp³-hybridized carbons (Fsp3) is 0.273. The first-order valence-electron chi connectivity index (χ1n) is 8.12. The Morgan fingerprint density at radius 1 is 0.727 bits per heavy atom. The Morgan fingerprint density at radius 3 is 2.14 bits per heavy atom. The Kier molecular flexibility index (Phi) is 4.02. The molecule has 0 bridgehead atoms. The van der Waals surface area contributed by atoms with Crippen molar-refractivity contribution in [3.8, 4) is 11.1 Å². The Balaban J connectivity index is 2.14. The Morgan fingerprint density at radius 2 is 1.41 bits per heavy atom. The minimum atomic E-state index is 1.16. The summed E-state index contributed by atoms with van der Waals surface area (Å²) in [6.07, 6.45) is 6.86. The van der Waals surface area contributed by atoms with Gasteiger partial charge in [-0.2, -0.15) is 0 Å². The predicted octanol–water partition coefficient (Wildman–Crippen LogP) is 6.40. The molecule has 1 aliphatic rings. The molecule has 0 atom stereocenters. The van der Waals surface area contributed by atoms with Crippen LogP contribution in [0.25, 0.3) is 16.7 Å². The predicted molar refractivity (Wildman–Crippen MR) is 97.1 cm³/mol. The fourth-order valence-corrected chi connectivity index (χ4v) is 3.45. The maximum Gasteiger partial charge on any atom is -0.0149 e. The van der Waals surface area contributed by atoms with Crippen LogP contribution in [0.1, 0.15) is 42.0 Å². The second kappa shape index (κ2) is 5.96. The molecular formula is C22H24. The average molecular weight is 288 g/mol. The van der Waals surface area contributed by atoms with E-state index in [1.807, 2.05) is 0 Å². The Hall–Kier alpha value is -2.08. The Bertz CT molecular complexity index is 773. The van der Waals surface area contributed by atoms with Crippen LogP contribution in [0.4, 0.5) is 0 Å². The SMILES string of the molecule is CC1=C(c2ccc(-c3ccccc3C)c(C)c2C)CCC=C1. The summed E-state index contributed by atoms with van der Waals surface area (Å²) in [7, 11) is 0. The van der Waals surface area contributed by atoms with Crippen LogP contribution in [0.3, 0.4) is 0 Å². The van der Waals surface area contributed by atoms with Crippen LogP contribution in [-0.2, 0) is 0 Å². The van der Waals surface area contributed by atoms with Gasteiger partial charge in [0, 0.05) is 0 Å². The average Bonchev–Trinajstić information content (AvgIpc) is 2.52. The topological polar surface area (TPSA) is 0 Å². The van der Waals surface area contributed by atoms with Crippen LogP contribution < -0.4 is 0 Å². The third-order valence-electron chi connectivity index (χ3n) is 4.95. The largest absolute Gasteiger partial charge is 0.0839 e. The van der Waals surface area contributed by atoms with Gasteiger partial charge < -0.3 is 0 Å². The van der Waals surface area contributed by atoms with Crippen LogP contribution in [0.15, 0.2) is 54.1 Å². The van der Waals surface area contributed by atoms with Crippen LogP contribution >= 0.6 is 0 Å². The van der Waals surface area contributed by atoms with Crippen molar-refractivity contribution < 1.29 is 0 Å². The molecule has 0 aliphatic heterocycles. The molecule has 0 heteroatoms. The van der Waals surface area contributed by atoms with Crippen LogP contribution in [-0.4, -0.2) is 0 Å². The van der Waals surface area contributed by atoms with E-state index in [1.165, 1.54) is 44.5 Å². The van der Waals surface area contributed by atoms with Gasteiger partial charge in [0.2, 0.25) is 0 Å². The summed E-state index contributed by atoms with van der Waals surface area (Å²) in [5, 5.41) is 0. The lowest BCUT2D eigenvalue weighted by atomic mass is 9.85. The van der Waals surface area contributed by atoms with Gasteiger partial charge in [-0.25, -0.2) is 0 Å². The molecule has 0 unspecified atom stereocenters. The second-order valence-electron chi connectivity index (χ2n) is 6.33. The zero-order valence-corrected chi connectivity index (χ0v) is 14.0. The minimum absolute atomic E-state index is 1.16. The highest BCUT2D eigenvalue weighted by Crippen LogP contribution is 2.35. The van der Waals surface area contributed by atoms with E-state index < -0.39 is 0 Å². The van der Waals surface area contributed by atoms with Crippen molar-refractivity contribution in [3.63, 3.8) is 0 Å². The molecule has 0 nitrogen and oxygen atoms in total. The van der Waals surface area contributed by atoms with Gasteiger partial charge in [0.1, 0.15) is 0 Å². The van der Waals surface area contributed by atoms with Gasteiger partial charge in [-0.05, 0) is 85.1 Å². The lowest BCUT2D eigenvalue weighted by Gasteiger charge is -2.20. The molecule has 22 heavy (non-hydrogen) atoms. The first kappa shape index (κ1) is 14.8. The van der Waals surface area contributed by atoms with Crippen LogP contribution in [0.2, 0.25) is 0 Å². The van der Waals surface area contributed by atoms with E-state index in [0.29, 0.717) is 0 Å². The van der Waals surface area contributed by atoms with E-state index in [4.69, 9.17) is 0 Å². The van der Waals surface area contributed by atoms with Gasteiger partial charge in [0.25, 0.3) is 0 Å². The summed E-state index contributed by atoms with van der Waals surface area (Å²) >= 11 is 0. The smallest absolute Gasteiger partial charge is 0.0149 e.